The molecule has 210 valence electrons. The molecule has 38 heavy (non-hydrogen) atoms. The van der Waals surface area contributed by atoms with Crippen LogP contribution in [0.3, 0.4) is 0 Å². The number of carbonyl (C=O) groups excluding carboxylic acids is 2. The SMILES string of the molecule is CC(NC(=O)C(Cc1ccccc1OC(F)(F)F)NC(=O)OC(C)(C)C)c1ccc(OCC(F)(F)F)cn1. The molecule has 2 atom stereocenters. The number of rotatable bonds is 9. The molecule has 0 saturated heterocycles. The maximum absolute atomic E-state index is 13.1. The van der Waals surface area contributed by atoms with Crippen LogP contribution >= 0.6 is 0 Å². The van der Waals surface area contributed by atoms with Crippen molar-refractivity contribution in [2.75, 3.05) is 6.61 Å². The number of alkyl halides is 6. The summed E-state index contributed by atoms with van der Waals surface area (Å²) >= 11 is 0. The minimum Gasteiger partial charge on any atom is -0.483 e. The van der Waals surface area contributed by atoms with Crippen LogP contribution in [0.1, 0.15) is 45.0 Å². The van der Waals surface area contributed by atoms with Gasteiger partial charge in [0.2, 0.25) is 5.91 Å². The molecule has 0 bridgehead atoms. The molecular weight excluding hydrogens is 524 g/mol. The second-order valence-electron chi connectivity index (χ2n) is 9.11. The van der Waals surface area contributed by atoms with E-state index in [1.54, 1.807) is 20.8 Å². The highest BCUT2D eigenvalue weighted by Crippen LogP contribution is 2.27. The van der Waals surface area contributed by atoms with Gasteiger partial charge in [-0.15, -0.1) is 13.2 Å². The van der Waals surface area contributed by atoms with E-state index in [0.29, 0.717) is 0 Å². The largest absolute Gasteiger partial charge is 0.573 e. The van der Waals surface area contributed by atoms with Crippen LogP contribution in [0.2, 0.25) is 0 Å². The maximum atomic E-state index is 13.1. The molecule has 0 spiro atoms. The second kappa shape index (κ2) is 12.2. The van der Waals surface area contributed by atoms with Crippen molar-refractivity contribution in [3.8, 4) is 11.5 Å². The fourth-order valence-corrected chi connectivity index (χ4v) is 3.06. The molecule has 1 aromatic carbocycles. The van der Waals surface area contributed by atoms with Crippen molar-refractivity contribution in [2.45, 2.75) is 64.3 Å². The summed E-state index contributed by atoms with van der Waals surface area (Å²) in [5.41, 5.74) is -0.692. The predicted molar refractivity (Wildman–Crippen MR) is 122 cm³/mol. The van der Waals surface area contributed by atoms with Gasteiger partial charge in [0.1, 0.15) is 23.1 Å². The fourth-order valence-electron chi connectivity index (χ4n) is 3.06. The lowest BCUT2D eigenvalue weighted by Gasteiger charge is -2.25. The number of halogens is 6. The summed E-state index contributed by atoms with van der Waals surface area (Å²) < 4.78 is 89.3. The van der Waals surface area contributed by atoms with E-state index in [1.807, 2.05) is 0 Å². The molecule has 0 saturated carbocycles. The summed E-state index contributed by atoms with van der Waals surface area (Å²) in [6.45, 7) is 4.78. The Morgan fingerprint density at radius 1 is 0.974 bits per heavy atom. The lowest BCUT2D eigenvalue weighted by molar-refractivity contribution is -0.274. The summed E-state index contributed by atoms with van der Waals surface area (Å²) in [6, 6.07) is 5.51. The molecule has 1 heterocycles. The van der Waals surface area contributed by atoms with Gasteiger partial charge < -0.3 is 24.8 Å². The maximum Gasteiger partial charge on any atom is 0.573 e. The number of benzene rings is 1. The number of aromatic nitrogens is 1. The van der Waals surface area contributed by atoms with E-state index in [0.717, 1.165) is 12.3 Å². The second-order valence-corrected chi connectivity index (χ2v) is 9.11. The van der Waals surface area contributed by atoms with Crippen LogP contribution in [0.15, 0.2) is 42.6 Å². The number of ether oxygens (including phenoxy) is 3. The zero-order valence-electron chi connectivity index (χ0n) is 20.9. The third kappa shape index (κ3) is 11.1. The lowest BCUT2D eigenvalue weighted by atomic mass is 10.0. The minimum atomic E-state index is -4.98. The van der Waals surface area contributed by atoms with Gasteiger partial charge in [0.15, 0.2) is 6.61 Å². The van der Waals surface area contributed by atoms with E-state index in [4.69, 9.17) is 4.74 Å². The van der Waals surface area contributed by atoms with E-state index in [1.165, 1.54) is 37.3 Å². The normalized spacial score (nSPS) is 13.7. The average Bonchev–Trinajstić information content (AvgIpc) is 2.76. The summed E-state index contributed by atoms with van der Waals surface area (Å²) in [4.78, 5) is 29.4. The van der Waals surface area contributed by atoms with Crippen LogP contribution in [0, 0.1) is 0 Å². The number of pyridine rings is 1. The highest BCUT2D eigenvalue weighted by atomic mass is 19.4. The number of para-hydroxylation sites is 1. The first-order valence-corrected chi connectivity index (χ1v) is 11.2. The van der Waals surface area contributed by atoms with Gasteiger partial charge in [-0.3, -0.25) is 9.78 Å². The summed E-state index contributed by atoms with van der Waals surface area (Å²) in [5, 5.41) is 4.92. The quantitative estimate of drug-likeness (QED) is 0.414. The Labute approximate surface area is 214 Å². The molecule has 8 nitrogen and oxygen atoms in total. The van der Waals surface area contributed by atoms with Crippen LogP contribution in [-0.2, 0) is 16.0 Å². The van der Waals surface area contributed by atoms with Crippen molar-refractivity contribution in [3.63, 3.8) is 0 Å². The van der Waals surface area contributed by atoms with Crippen molar-refractivity contribution in [1.29, 1.82) is 0 Å². The molecule has 2 amide bonds. The lowest BCUT2D eigenvalue weighted by Crippen LogP contribution is -2.49. The van der Waals surface area contributed by atoms with Crippen molar-refractivity contribution in [2.24, 2.45) is 0 Å². The summed E-state index contributed by atoms with van der Waals surface area (Å²) in [7, 11) is 0. The van der Waals surface area contributed by atoms with E-state index in [-0.39, 0.29) is 23.4 Å². The van der Waals surface area contributed by atoms with Gasteiger partial charge in [-0.2, -0.15) is 13.2 Å². The van der Waals surface area contributed by atoms with E-state index < -0.39 is 54.6 Å². The fraction of sp³-hybridized carbons (Fsp3) is 0.458. The molecule has 2 aromatic rings. The first kappa shape index (κ1) is 30.5. The third-order valence-corrected chi connectivity index (χ3v) is 4.59. The van der Waals surface area contributed by atoms with Crippen LogP contribution in [0.25, 0.3) is 0 Å². The van der Waals surface area contributed by atoms with Crippen molar-refractivity contribution < 1.29 is 50.1 Å². The van der Waals surface area contributed by atoms with Gasteiger partial charge >= 0.3 is 18.6 Å². The Morgan fingerprint density at radius 3 is 2.18 bits per heavy atom. The van der Waals surface area contributed by atoms with Gasteiger partial charge in [-0.1, -0.05) is 18.2 Å². The van der Waals surface area contributed by atoms with E-state index in [9.17, 15) is 35.9 Å². The minimum absolute atomic E-state index is 0.0158. The van der Waals surface area contributed by atoms with E-state index in [2.05, 4.69) is 25.1 Å². The first-order chi connectivity index (χ1) is 17.4. The Balaban J connectivity index is 2.20. The van der Waals surface area contributed by atoms with E-state index >= 15 is 0 Å². The molecular formula is C24H27F6N3O5. The number of nitrogens with one attached hydrogen (secondary N) is 2. The molecule has 1 aromatic heterocycles. The highest BCUT2D eigenvalue weighted by molar-refractivity contribution is 5.86. The average molecular weight is 551 g/mol. The summed E-state index contributed by atoms with van der Waals surface area (Å²) in [5.74, 6) is -1.48. The van der Waals surface area contributed by atoms with Gasteiger partial charge in [0.25, 0.3) is 0 Å². The molecule has 0 aliphatic heterocycles. The van der Waals surface area contributed by atoms with Crippen LogP contribution in [0.5, 0.6) is 11.5 Å². The molecule has 2 N–H and O–H groups in total. The van der Waals surface area contributed by atoms with Crippen molar-refractivity contribution in [3.05, 3.63) is 53.9 Å². The number of hydrogen-bond acceptors (Lipinski definition) is 6. The smallest absolute Gasteiger partial charge is 0.483 e. The molecule has 2 unspecified atom stereocenters. The Morgan fingerprint density at radius 2 is 1.63 bits per heavy atom. The molecule has 0 radical (unpaired) electrons. The van der Waals surface area contributed by atoms with Gasteiger partial charge in [-0.25, -0.2) is 4.79 Å². The number of nitrogens with zero attached hydrogens (tertiary/aromatic N) is 1. The zero-order chi connectivity index (χ0) is 28.7. The monoisotopic (exact) mass is 551 g/mol. The first-order valence-electron chi connectivity index (χ1n) is 11.2. The Hall–Kier alpha value is -3.71. The predicted octanol–water partition coefficient (Wildman–Crippen LogP) is 5.23. The van der Waals surface area contributed by atoms with Crippen LogP contribution in [0.4, 0.5) is 31.1 Å². The number of alkyl carbamates (subject to hydrolysis) is 1. The van der Waals surface area contributed by atoms with Crippen LogP contribution < -0.4 is 20.1 Å². The van der Waals surface area contributed by atoms with Gasteiger partial charge in [-0.05, 0) is 51.5 Å². The Kier molecular flexibility index (Phi) is 9.81. The topological polar surface area (TPSA) is 98.8 Å². The van der Waals surface area contributed by atoms with Crippen LogP contribution in [-0.4, -0.2) is 47.8 Å². The highest BCUT2D eigenvalue weighted by Gasteiger charge is 2.33. The van der Waals surface area contributed by atoms with Gasteiger partial charge in [0, 0.05) is 6.42 Å². The molecule has 2 rings (SSSR count). The molecule has 0 aliphatic carbocycles. The molecule has 0 fully saturated rings. The third-order valence-electron chi connectivity index (χ3n) is 4.59. The molecule has 14 heteroatoms. The standard InChI is InChI=1S/C24H27F6N3O5/c1-14(17-10-9-16(12-31-17)36-13-23(25,26)27)32-20(34)18(33-21(35)38-22(2,3)4)11-15-7-5-6-8-19(15)37-24(28,29)30/h5-10,12,14,18H,11,13H2,1-4H3,(H,32,34)(H,33,35). The number of carbonyl (C=O) groups is 2. The van der Waals surface area contributed by atoms with Gasteiger partial charge in [0.05, 0.1) is 17.9 Å². The number of amides is 2. The van der Waals surface area contributed by atoms with Crippen molar-refractivity contribution in [1.82, 2.24) is 15.6 Å². The van der Waals surface area contributed by atoms with Crippen molar-refractivity contribution >= 4 is 12.0 Å². The zero-order valence-corrected chi connectivity index (χ0v) is 20.9. The number of hydrogen-bond donors (Lipinski definition) is 2. The summed E-state index contributed by atoms with van der Waals surface area (Å²) in [6.07, 6.45) is -9.83. The Bertz CT molecular complexity index is 1080. The molecule has 0 aliphatic rings.